The van der Waals surface area contributed by atoms with Crippen molar-refractivity contribution < 1.29 is 9.53 Å². The lowest BCUT2D eigenvalue weighted by Gasteiger charge is -2.11. The molecule has 0 heterocycles. The minimum Gasteiger partial charge on any atom is -0.377 e. The molecule has 4 heteroatoms. The standard InChI is InChI=1S/C16H24N2O2/c1-2-20-12-15-6-4-3-5-14(15)10-18-16(19)11-17-9-13-7-8-13/h3-6,13,17H,2,7-12H2,1H3,(H,18,19). The van der Waals surface area contributed by atoms with Gasteiger partial charge in [0, 0.05) is 13.2 Å². The van der Waals surface area contributed by atoms with Crippen LogP contribution in [0.5, 0.6) is 0 Å². The van der Waals surface area contributed by atoms with Crippen LogP contribution in [0.3, 0.4) is 0 Å². The Labute approximate surface area is 120 Å². The normalized spacial score (nSPS) is 14.2. The van der Waals surface area contributed by atoms with E-state index in [-0.39, 0.29) is 5.91 Å². The molecule has 1 saturated carbocycles. The molecular weight excluding hydrogens is 252 g/mol. The predicted molar refractivity (Wildman–Crippen MR) is 79.2 cm³/mol. The van der Waals surface area contributed by atoms with Gasteiger partial charge in [0.1, 0.15) is 0 Å². The molecule has 0 aliphatic heterocycles. The molecule has 20 heavy (non-hydrogen) atoms. The smallest absolute Gasteiger partial charge is 0.234 e. The van der Waals surface area contributed by atoms with Crippen LogP contribution in [0.2, 0.25) is 0 Å². The highest BCUT2D eigenvalue weighted by Gasteiger charge is 2.20. The third-order valence-corrected chi connectivity index (χ3v) is 3.47. The van der Waals surface area contributed by atoms with E-state index in [1.54, 1.807) is 0 Å². The summed E-state index contributed by atoms with van der Waals surface area (Å²) in [6, 6.07) is 8.06. The van der Waals surface area contributed by atoms with Gasteiger partial charge < -0.3 is 15.4 Å². The lowest BCUT2D eigenvalue weighted by atomic mass is 10.1. The zero-order chi connectivity index (χ0) is 14.2. The van der Waals surface area contributed by atoms with Crippen molar-refractivity contribution in [1.29, 1.82) is 0 Å². The van der Waals surface area contributed by atoms with Gasteiger partial charge in [0.05, 0.1) is 13.2 Å². The molecule has 0 saturated heterocycles. The van der Waals surface area contributed by atoms with E-state index in [1.807, 2.05) is 31.2 Å². The van der Waals surface area contributed by atoms with Crippen molar-refractivity contribution in [2.45, 2.75) is 32.9 Å². The second kappa shape index (κ2) is 8.02. The van der Waals surface area contributed by atoms with E-state index in [4.69, 9.17) is 4.74 Å². The number of carbonyl (C=O) groups is 1. The highest BCUT2D eigenvalue weighted by molar-refractivity contribution is 5.78. The molecule has 0 unspecified atom stereocenters. The predicted octanol–water partition coefficient (Wildman–Crippen LogP) is 1.84. The van der Waals surface area contributed by atoms with Crippen LogP contribution < -0.4 is 10.6 Å². The van der Waals surface area contributed by atoms with Gasteiger partial charge in [0.25, 0.3) is 0 Å². The fourth-order valence-electron chi connectivity index (χ4n) is 2.05. The summed E-state index contributed by atoms with van der Waals surface area (Å²) in [6.45, 7) is 5.22. The fraction of sp³-hybridized carbons (Fsp3) is 0.562. The van der Waals surface area contributed by atoms with E-state index in [2.05, 4.69) is 10.6 Å². The van der Waals surface area contributed by atoms with E-state index in [0.717, 1.165) is 23.6 Å². The Morgan fingerprint density at radius 2 is 2.05 bits per heavy atom. The summed E-state index contributed by atoms with van der Waals surface area (Å²) >= 11 is 0. The average molecular weight is 276 g/mol. The molecule has 0 aromatic heterocycles. The Morgan fingerprint density at radius 3 is 2.75 bits per heavy atom. The molecule has 2 N–H and O–H groups in total. The summed E-state index contributed by atoms with van der Waals surface area (Å²) in [4.78, 5) is 11.7. The van der Waals surface area contributed by atoms with E-state index in [9.17, 15) is 4.79 Å². The molecule has 1 aromatic rings. The van der Waals surface area contributed by atoms with Gasteiger partial charge in [0.15, 0.2) is 0 Å². The molecular formula is C16H24N2O2. The highest BCUT2D eigenvalue weighted by Crippen LogP contribution is 2.27. The van der Waals surface area contributed by atoms with Crippen LogP contribution >= 0.6 is 0 Å². The number of rotatable bonds is 9. The molecule has 0 atom stereocenters. The Bertz CT molecular complexity index is 430. The van der Waals surface area contributed by atoms with Gasteiger partial charge in [-0.3, -0.25) is 4.79 Å². The molecule has 1 amide bonds. The van der Waals surface area contributed by atoms with Crippen LogP contribution in [0.1, 0.15) is 30.9 Å². The van der Waals surface area contributed by atoms with Crippen molar-refractivity contribution >= 4 is 5.91 Å². The SMILES string of the molecule is CCOCc1ccccc1CNC(=O)CNCC1CC1. The number of hydrogen-bond donors (Lipinski definition) is 2. The molecule has 0 bridgehead atoms. The summed E-state index contributed by atoms with van der Waals surface area (Å²) in [5, 5.41) is 6.15. The number of hydrogen-bond acceptors (Lipinski definition) is 3. The fourth-order valence-corrected chi connectivity index (χ4v) is 2.05. The first-order valence-electron chi connectivity index (χ1n) is 7.41. The molecule has 110 valence electrons. The first-order chi connectivity index (χ1) is 9.79. The second-order valence-corrected chi connectivity index (χ2v) is 5.26. The molecule has 0 radical (unpaired) electrons. The van der Waals surface area contributed by atoms with Gasteiger partial charge in [-0.05, 0) is 43.4 Å². The molecule has 1 aliphatic rings. The topological polar surface area (TPSA) is 50.4 Å². The maximum Gasteiger partial charge on any atom is 0.234 e. The largest absolute Gasteiger partial charge is 0.377 e. The summed E-state index contributed by atoms with van der Waals surface area (Å²) in [6.07, 6.45) is 2.61. The molecule has 2 rings (SSSR count). The maximum absolute atomic E-state index is 11.7. The Morgan fingerprint density at radius 1 is 1.30 bits per heavy atom. The zero-order valence-corrected chi connectivity index (χ0v) is 12.2. The van der Waals surface area contributed by atoms with Crippen molar-refractivity contribution in [3.63, 3.8) is 0 Å². The maximum atomic E-state index is 11.7. The molecule has 0 spiro atoms. The van der Waals surface area contributed by atoms with Crippen molar-refractivity contribution in [3.8, 4) is 0 Å². The van der Waals surface area contributed by atoms with Crippen molar-refractivity contribution in [1.82, 2.24) is 10.6 Å². The zero-order valence-electron chi connectivity index (χ0n) is 12.2. The van der Waals surface area contributed by atoms with Crippen molar-refractivity contribution in [3.05, 3.63) is 35.4 Å². The van der Waals surface area contributed by atoms with Crippen LogP contribution in [0.4, 0.5) is 0 Å². The van der Waals surface area contributed by atoms with Gasteiger partial charge in [-0.15, -0.1) is 0 Å². The van der Waals surface area contributed by atoms with Gasteiger partial charge in [-0.1, -0.05) is 24.3 Å². The van der Waals surface area contributed by atoms with Crippen LogP contribution in [0, 0.1) is 5.92 Å². The number of ether oxygens (including phenoxy) is 1. The van der Waals surface area contributed by atoms with E-state index in [1.165, 1.54) is 12.8 Å². The Hall–Kier alpha value is -1.39. The minimum absolute atomic E-state index is 0.0527. The van der Waals surface area contributed by atoms with Gasteiger partial charge in [-0.2, -0.15) is 0 Å². The van der Waals surface area contributed by atoms with Crippen LogP contribution in [0.15, 0.2) is 24.3 Å². The van der Waals surface area contributed by atoms with Gasteiger partial charge in [0.2, 0.25) is 5.91 Å². The molecule has 1 fully saturated rings. The molecule has 4 nitrogen and oxygen atoms in total. The summed E-state index contributed by atoms with van der Waals surface area (Å²) in [5.41, 5.74) is 2.26. The van der Waals surface area contributed by atoms with Gasteiger partial charge >= 0.3 is 0 Å². The number of benzene rings is 1. The summed E-state index contributed by atoms with van der Waals surface area (Å²) in [5.74, 6) is 0.853. The first-order valence-corrected chi connectivity index (χ1v) is 7.41. The Balaban J connectivity index is 1.72. The van der Waals surface area contributed by atoms with Crippen molar-refractivity contribution in [2.75, 3.05) is 19.7 Å². The molecule has 1 aliphatic carbocycles. The van der Waals surface area contributed by atoms with Gasteiger partial charge in [-0.25, -0.2) is 0 Å². The minimum atomic E-state index is 0.0527. The third-order valence-electron chi connectivity index (χ3n) is 3.47. The van der Waals surface area contributed by atoms with Crippen molar-refractivity contribution in [2.24, 2.45) is 5.92 Å². The van der Waals surface area contributed by atoms with Crippen LogP contribution in [0.25, 0.3) is 0 Å². The van der Waals surface area contributed by atoms with Crippen LogP contribution in [-0.2, 0) is 22.7 Å². The number of amides is 1. The number of carbonyl (C=O) groups excluding carboxylic acids is 1. The molecule has 1 aromatic carbocycles. The lowest BCUT2D eigenvalue weighted by molar-refractivity contribution is -0.120. The van der Waals surface area contributed by atoms with Crippen LogP contribution in [-0.4, -0.2) is 25.6 Å². The monoisotopic (exact) mass is 276 g/mol. The summed E-state index contributed by atoms with van der Waals surface area (Å²) < 4.78 is 5.44. The van der Waals surface area contributed by atoms with E-state index >= 15 is 0 Å². The first kappa shape index (κ1) is 15.0. The highest BCUT2D eigenvalue weighted by atomic mass is 16.5. The Kier molecular flexibility index (Phi) is 6.02. The third kappa shape index (κ3) is 5.31. The summed E-state index contributed by atoms with van der Waals surface area (Å²) in [7, 11) is 0. The second-order valence-electron chi connectivity index (χ2n) is 5.26. The lowest BCUT2D eigenvalue weighted by Crippen LogP contribution is -2.34. The van der Waals surface area contributed by atoms with E-state index < -0.39 is 0 Å². The number of nitrogens with one attached hydrogen (secondary N) is 2. The average Bonchev–Trinajstić information content (AvgIpc) is 3.28. The van der Waals surface area contributed by atoms with E-state index in [0.29, 0.717) is 26.3 Å². The quantitative estimate of drug-likeness (QED) is 0.723.